The molecule has 0 aromatic heterocycles. The van der Waals surface area contributed by atoms with Crippen molar-refractivity contribution in [1.82, 2.24) is 14.7 Å². The Morgan fingerprint density at radius 2 is 1.80 bits per heavy atom. The number of anilines is 1. The van der Waals surface area contributed by atoms with Crippen LogP contribution >= 0.6 is 0 Å². The first kappa shape index (κ1) is 22.6. The van der Waals surface area contributed by atoms with Crippen LogP contribution in [0.25, 0.3) is 0 Å². The van der Waals surface area contributed by atoms with E-state index in [1.165, 1.54) is 10.5 Å². The molecule has 9 heteroatoms. The fourth-order valence-electron chi connectivity index (χ4n) is 4.03. The van der Waals surface area contributed by atoms with E-state index in [4.69, 9.17) is 0 Å². The molecule has 0 radical (unpaired) electrons. The van der Waals surface area contributed by atoms with Gasteiger partial charge in [-0.1, -0.05) is 12.1 Å². The van der Waals surface area contributed by atoms with E-state index < -0.39 is 27.7 Å². The molecule has 2 fully saturated rings. The molecule has 1 aromatic carbocycles. The van der Waals surface area contributed by atoms with Crippen LogP contribution in [0.4, 0.5) is 5.69 Å². The number of benzene rings is 1. The number of hydrogen-bond acceptors (Lipinski definition) is 6. The molecule has 0 spiro atoms. The fourth-order valence-corrected chi connectivity index (χ4v) is 5.76. The summed E-state index contributed by atoms with van der Waals surface area (Å²) in [6.45, 7) is 5.26. The number of carbonyl (C=O) groups excluding carboxylic acids is 2. The number of amides is 2. The highest BCUT2D eigenvalue weighted by Crippen LogP contribution is 2.20. The number of hydrogen-bond donors (Lipinski definition) is 0. The quantitative estimate of drug-likeness (QED) is 0.615. The molecule has 1 atom stereocenters. The van der Waals surface area contributed by atoms with Gasteiger partial charge in [0, 0.05) is 51.0 Å². The Balaban J connectivity index is 1.64. The van der Waals surface area contributed by atoms with Gasteiger partial charge in [0.15, 0.2) is 9.84 Å². The SMILES string of the molecule is Cc1cccc(N2CCN(C(=O)C(=O)N(CCN(C)C)C3CCS(=O)(=O)C3)CC2)c1. The molecule has 2 aliphatic heterocycles. The summed E-state index contributed by atoms with van der Waals surface area (Å²) in [6.07, 6.45) is 0.399. The zero-order chi connectivity index (χ0) is 21.9. The minimum atomic E-state index is -3.14. The number of aryl methyl sites for hydroxylation is 1. The molecule has 1 aromatic rings. The summed E-state index contributed by atoms with van der Waals surface area (Å²) in [6, 6.07) is 7.82. The molecule has 2 heterocycles. The highest BCUT2D eigenvalue weighted by Gasteiger charge is 2.38. The van der Waals surface area contributed by atoms with Crippen LogP contribution in [-0.4, -0.2) is 106 Å². The van der Waals surface area contributed by atoms with Crippen molar-refractivity contribution in [3.8, 4) is 0 Å². The van der Waals surface area contributed by atoms with Crippen molar-refractivity contribution in [2.45, 2.75) is 19.4 Å². The molecular weight excluding hydrogens is 404 g/mol. The molecule has 8 nitrogen and oxygen atoms in total. The maximum atomic E-state index is 13.1. The van der Waals surface area contributed by atoms with Gasteiger partial charge in [-0.2, -0.15) is 0 Å². The van der Waals surface area contributed by atoms with Gasteiger partial charge in [0.2, 0.25) is 0 Å². The lowest BCUT2D eigenvalue weighted by Crippen LogP contribution is -2.55. The first-order valence-electron chi connectivity index (χ1n) is 10.4. The lowest BCUT2D eigenvalue weighted by molar-refractivity contribution is -0.153. The van der Waals surface area contributed by atoms with Crippen molar-refractivity contribution in [3.63, 3.8) is 0 Å². The topological polar surface area (TPSA) is 81.2 Å². The first-order chi connectivity index (χ1) is 14.2. The van der Waals surface area contributed by atoms with Crippen LogP contribution in [-0.2, 0) is 19.4 Å². The molecule has 166 valence electrons. The minimum absolute atomic E-state index is 0.0550. The predicted molar refractivity (Wildman–Crippen MR) is 117 cm³/mol. The molecule has 30 heavy (non-hydrogen) atoms. The number of rotatable bonds is 5. The van der Waals surface area contributed by atoms with Gasteiger partial charge in [0.05, 0.1) is 11.5 Å². The highest BCUT2D eigenvalue weighted by atomic mass is 32.2. The lowest BCUT2D eigenvalue weighted by Gasteiger charge is -2.37. The van der Waals surface area contributed by atoms with Gasteiger partial charge in [-0.05, 0) is 45.1 Å². The molecule has 2 saturated heterocycles. The second-order valence-corrected chi connectivity index (χ2v) is 10.7. The molecule has 0 bridgehead atoms. The van der Waals surface area contributed by atoms with E-state index >= 15 is 0 Å². The summed E-state index contributed by atoms with van der Waals surface area (Å²) in [5.74, 6) is -1.09. The highest BCUT2D eigenvalue weighted by molar-refractivity contribution is 7.91. The monoisotopic (exact) mass is 436 g/mol. The van der Waals surface area contributed by atoms with Crippen molar-refractivity contribution >= 4 is 27.3 Å². The zero-order valence-electron chi connectivity index (χ0n) is 18.1. The Labute approximate surface area is 179 Å². The summed E-state index contributed by atoms with van der Waals surface area (Å²) in [4.78, 5) is 33.2. The Bertz CT molecular complexity index is 879. The van der Waals surface area contributed by atoms with Crippen LogP contribution in [0, 0.1) is 6.92 Å². The molecule has 3 rings (SSSR count). The average Bonchev–Trinajstić information content (AvgIpc) is 3.06. The zero-order valence-corrected chi connectivity index (χ0v) is 18.9. The third-order valence-electron chi connectivity index (χ3n) is 5.81. The van der Waals surface area contributed by atoms with Crippen molar-refractivity contribution in [3.05, 3.63) is 29.8 Å². The molecule has 0 N–H and O–H groups in total. The summed E-state index contributed by atoms with van der Waals surface area (Å²) in [7, 11) is 0.635. The van der Waals surface area contributed by atoms with Crippen molar-refractivity contribution < 1.29 is 18.0 Å². The summed E-state index contributed by atoms with van der Waals surface area (Å²) < 4.78 is 23.8. The van der Waals surface area contributed by atoms with E-state index in [1.54, 1.807) is 4.90 Å². The van der Waals surface area contributed by atoms with Crippen LogP contribution in [0.2, 0.25) is 0 Å². The van der Waals surface area contributed by atoms with Gasteiger partial charge < -0.3 is 19.6 Å². The van der Waals surface area contributed by atoms with Crippen LogP contribution in [0.1, 0.15) is 12.0 Å². The maximum Gasteiger partial charge on any atom is 0.312 e. The molecule has 0 aliphatic carbocycles. The Kier molecular flexibility index (Phi) is 7.02. The fraction of sp³-hybridized carbons (Fsp3) is 0.619. The Hall–Kier alpha value is -2.13. The number of sulfone groups is 1. The molecule has 1 unspecified atom stereocenters. The van der Waals surface area contributed by atoms with Gasteiger partial charge in [-0.25, -0.2) is 8.42 Å². The smallest absolute Gasteiger partial charge is 0.312 e. The Morgan fingerprint density at radius 3 is 2.37 bits per heavy atom. The van der Waals surface area contributed by atoms with Gasteiger partial charge in [0.25, 0.3) is 0 Å². The van der Waals surface area contributed by atoms with Gasteiger partial charge in [0.1, 0.15) is 0 Å². The minimum Gasteiger partial charge on any atom is -0.368 e. The lowest BCUT2D eigenvalue weighted by atomic mass is 10.2. The second kappa shape index (κ2) is 9.34. The van der Waals surface area contributed by atoms with E-state index in [1.807, 2.05) is 38.1 Å². The number of piperazine rings is 1. The predicted octanol–water partition coefficient (Wildman–Crippen LogP) is 0.221. The largest absolute Gasteiger partial charge is 0.368 e. The summed E-state index contributed by atoms with van der Waals surface area (Å²) in [5.41, 5.74) is 2.31. The van der Waals surface area contributed by atoms with Crippen LogP contribution in [0.15, 0.2) is 24.3 Å². The van der Waals surface area contributed by atoms with Crippen LogP contribution in [0.5, 0.6) is 0 Å². The number of carbonyl (C=O) groups is 2. The average molecular weight is 437 g/mol. The second-order valence-electron chi connectivity index (χ2n) is 8.48. The van der Waals surface area contributed by atoms with E-state index in [9.17, 15) is 18.0 Å². The molecule has 2 aliphatic rings. The third kappa shape index (κ3) is 5.51. The van der Waals surface area contributed by atoms with Crippen LogP contribution < -0.4 is 4.90 Å². The molecule has 0 saturated carbocycles. The van der Waals surface area contributed by atoms with Crippen molar-refractivity contribution in [2.24, 2.45) is 0 Å². The standard InChI is InChI=1S/C21H32N4O4S/c1-17-5-4-6-18(15-17)23-9-11-24(12-10-23)20(26)21(27)25(13-8-22(2)3)19-7-14-30(28,29)16-19/h4-6,15,19H,7-14,16H2,1-3H3. The Morgan fingerprint density at radius 1 is 1.10 bits per heavy atom. The van der Waals surface area contributed by atoms with Crippen LogP contribution in [0.3, 0.4) is 0 Å². The summed E-state index contributed by atoms with van der Waals surface area (Å²) in [5, 5.41) is 0. The first-order valence-corrected chi connectivity index (χ1v) is 12.2. The van der Waals surface area contributed by atoms with E-state index in [-0.39, 0.29) is 11.5 Å². The van der Waals surface area contributed by atoms with Crippen molar-refractivity contribution in [2.75, 3.05) is 69.8 Å². The van der Waals surface area contributed by atoms with Gasteiger partial charge in [-0.3, -0.25) is 9.59 Å². The normalized spacial score (nSPS) is 21.1. The molecule has 2 amide bonds. The van der Waals surface area contributed by atoms with Crippen molar-refractivity contribution in [1.29, 1.82) is 0 Å². The van der Waals surface area contributed by atoms with E-state index in [0.29, 0.717) is 45.7 Å². The summed E-state index contributed by atoms with van der Waals surface area (Å²) >= 11 is 0. The maximum absolute atomic E-state index is 13.1. The van der Waals surface area contributed by atoms with E-state index in [2.05, 4.69) is 17.0 Å². The van der Waals surface area contributed by atoms with E-state index in [0.717, 1.165) is 5.69 Å². The van der Waals surface area contributed by atoms with Gasteiger partial charge >= 0.3 is 11.8 Å². The van der Waals surface area contributed by atoms with Gasteiger partial charge in [-0.15, -0.1) is 0 Å². The third-order valence-corrected chi connectivity index (χ3v) is 7.57. The molecular formula is C21H32N4O4S. The number of nitrogens with zero attached hydrogens (tertiary/aromatic N) is 4. The number of likely N-dealkylation sites (N-methyl/N-ethyl adjacent to an activating group) is 1.